The van der Waals surface area contributed by atoms with Crippen LogP contribution in [0, 0.1) is 0 Å². The number of phenolic OH excluding ortho intramolecular Hbond substituents is 1. The maximum atomic E-state index is 12.9. The molecule has 1 heterocycles. The third-order valence-corrected chi connectivity index (χ3v) is 5.07. The molecule has 5 nitrogen and oxygen atoms in total. The Morgan fingerprint density at radius 2 is 1.60 bits per heavy atom. The molecule has 6 heteroatoms. The van der Waals surface area contributed by atoms with Gasteiger partial charge in [0, 0.05) is 21.3 Å². The van der Waals surface area contributed by atoms with Crippen LogP contribution >= 0.6 is 15.9 Å². The molecule has 1 amide bonds. The van der Waals surface area contributed by atoms with Gasteiger partial charge in [-0.1, -0.05) is 76.6 Å². The molecular formula is C24H18BrN3O2. The van der Waals surface area contributed by atoms with E-state index in [0.29, 0.717) is 11.3 Å². The van der Waals surface area contributed by atoms with Crippen LogP contribution in [0.2, 0.25) is 0 Å². The van der Waals surface area contributed by atoms with Gasteiger partial charge in [-0.2, -0.15) is 5.10 Å². The Balaban J connectivity index is 1.65. The van der Waals surface area contributed by atoms with Crippen molar-refractivity contribution < 1.29 is 9.90 Å². The Labute approximate surface area is 182 Å². The summed E-state index contributed by atoms with van der Waals surface area (Å²) in [5, 5.41) is 13.9. The van der Waals surface area contributed by atoms with E-state index in [1.165, 1.54) is 6.21 Å². The summed E-state index contributed by atoms with van der Waals surface area (Å²) < 4.78 is 0.802. The molecule has 0 unspecified atom stereocenters. The van der Waals surface area contributed by atoms with E-state index in [4.69, 9.17) is 0 Å². The standard InChI is InChI=1S/C24H18BrN3O2/c25-19-11-12-22(29)18(13-19)15-26-28-24(30)23-20(16-7-3-1-4-8-16)14-21(27-23)17-9-5-2-6-10-17/h1-15,27,29H,(H,28,30)/b26-15+. The minimum Gasteiger partial charge on any atom is -0.507 e. The molecule has 0 saturated carbocycles. The number of carbonyl (C=O) groups is 1. The average molecular weight is 460 g/mol. The second-order valence-corrected chi connectivity index (χ2v) is 7.52. The quantitative estimate of drug-likeness (QED) is 0.269. The zero-order valence-corrected chi connectivity index (χ0v) is 17.4. The molecule has 0 aliphatic carbocycles. The van der Waals surface area contributed by atoms with Crippen molar-refractivity contribution in [3.63, 3.8) is 0 Å². The Morgan fingerprint density at radius 1 is 0.933 bits per heavy atom. The van der Waals surface area contributed by atoms with E-state index in [1.807, 2.05) is 66.7 Å². The molecule has 0 aliphatic heterocycles. The molecule has 0 radical (unpaired) electrons. The molecule has 4 rings (SSSR count). The van der Waals surface area contributed by atoms with Crippen molar-refractivity contribution in [1.29, 1.82) is 0 Å². The lowest BCUT2D eigenvalue weighted by Crippen LogP contribution is -2.19. The van der Waals surface area contributed by atoms with Crippen molar-refractivity contribution in [2.45, 2.75) is 0 Å². The number of nitrogens with zero attached hydrogens (tertiary/aromatic N) is 1. The topological polar surface area (TPSA) is 77.5 Å². The molecule has 0 saturated heterocycles. The molecule has 0 atom stereocenters. The number of hydrogen-bond acceptors (Lipinski definition) is 3. The van der Waals surface area contributed by atoms with Crippen molar-refractivity contribution in [1.82, 2.24) is 10.4 Å². The predicted octanol–water partition coefficient (Wildman–Crippen LogP) is 5.58. The van der Waals surface area contributed by atoms with Gasteiger partial charge in [-0.15, -0.1) is 0 Å². The minimum atomic E-state index is -0.373. The monoisotopic (exact) mass is 459 g/mol. The van der Waals surface area contributed by atoms with E-state index in [9.17, 15) is 9.90 Å². The first-order chi connectivity index (χ1) is 14.6. The molecule has 1 aromatic heterocycles. The zero-order valence-electron chi connectivity index (χ0n) is 15.8. The molecule has 0 aliphatic rings. The number of phenols is 1. The number of H-pyrrole nitrogens is 1. The van der Waals surface area contributed by atoms with E-state index in [-0.39, 0.29) is 11.7 Å². The van der Waals surface area contributed by atoms with Crippen molar-refractivity contribution in [2.75, 3.05) is 0 Å². The molecule has 0 spiro atoms. The van der Waals surface area contributed by atoms with Gasteiger partial charge in [0.2, 0.25) is 0 Å². The molecule has 0 fully saturated rings. The van der Waals surface area contributed by atoms with E-state index >= 15 is 0 Å². The summed E-state index contributed by atoms with van der Waals surface area (Å²) in [7, 11) is 0. The van der Waals surface area contributed by atoms with Crippen molar-refractivity contribution in [3.8, 4) is 28.1 Å². The van der Waals surface area contributed by atoms with Gasteiger partial charge >= 0.3 is 0 Å². The second kappa shape index (κ2) is 8.80. The number of rotatable bonds is 5. The highest BCUT2D eigenvalue weighted by atomic mass is 79.9. The lowest BCUT2D eigenvalue weighted by atomic mass is 10.0. The largest absolute Gasteiger partial charge is 0.507 e. The summed E-state index contributed by atoms with van der Waals surface area (Å²) in [5.74, 6) is -0.297. The first-order valence-corrected chi connectivity index (χ1v) is 10.1. The molecule has 148 valence electrons. The second-order valence-electron chi connectivity index (χ2n) is 6.61. The van der Waals surface area contributed by atoms with Crippen molar-refractivity contribution in [3.05, 3.63) is 101 Å². The van der Waals surface area contributed by atoms with Crippen LogP contribution in [0.3, 0.4) is 0 Å². The number of benzene rings is 3. The highest BCUT2D eigenvalue weighted by Gasteiger charge is 2.17. The van der Waals surface area contributed by atoms with E-state index < -0.39 is 0 Å². The molecule has 30 heavy (non-hydrogen) atoms. The summed E-state index contributed by atoms with van der Waals surface area (Å²) >= 11 is 3.35. The summed E-state index contributed by atoms with van der Waals surface area (Å²) in [6.45, 7) is 0. The van der Waals surface area contributed by atoms with Crippen molar-refractivity contribution >= 4 is 28.1 Å². The van der Waals surface area contributed by atoms with Gasteiger partial charge in [-0.05, 0) is 35.4 Å². The number of halogens is 1. The third kappa shape index (κ3) is 4.34. The fraction of sp³-hybridized carbons (Fsp3) is 0. The number of nitrogens with one attached hydrogen (secondary N) is 2. The number of aromatic amines is 1. The molecule has 3 aromatic carbocycles. The van der Waals surface area contributed by atoms with Crippen LogP contribution in [0.15, 0.2) is 94.5 Å². The van der Waals surface area contributed by atoms with Crippen LogP contribution in [0.5, 0.6) is 5.75 Å². The zero-order chi connectivity index (χ0) is 20.9. The Bertz CT molecular complexity index is 1200. The maximum Gasteiger partial charge on any atom is 0.288 e. The van der Waals surface area contributed by atoms with Crippen LogP contribution in [0.1, 0.15) is 16.1 Å². The van der Waals surface area contributed by atoms with E-state index in [2.05, 4.69) is 31.4 Å². The first kappa shape index (κ1) is 19.7. The minimum absolute atomic E-state index is 0.0763. The fourth-order valence-corrected chi connectivity index (χ4v) is 3.48. The molecule has 4 aromatic rings. The van der Waals surface area contributed by atoms with Crippen molar-refractivity contribution in [2.24, 2.45) is 5.10 Å². The molecule has 0 bridgehead atoms. The third-order valence-electron chi connectivity index (χ3n) is 4.57. The number of carbonyl (C=O) groups excluding carboxylic acids is 1. The van der Waals surface area contributed by atoms with Gasteiger partial charge < -0.3 is 10.1 Å². The summed E-state index contributed by atoms with van der Waals surface area (Å²) in [5.41, 5.74) is 6.98. The van der Waals surface area contributed by atoms with Gasteiger partial charge in [0.25, 0.3) is 5.91 Å². The molecular weight excluding hydrogens is 442 g/mol. The first-order valence-electron chi connectivity index (χ1n) is 9.27. The summed E-state index contributed by atoms with van der Waals surface area (Å²) in [6, 6.07) is 26.5. The van der Waals surface area contributed by atoms with Crippen LogP contribution < -0.4 is 5.43 Å². The Morgan fingerprint density at radius 3 is 2.30 bits per heavy atom. The number of aromatic hydroxyl groups is 1. The maximum absolute atomic E-state index is 12.9. The highest BCUT2D eigenvalue weighted by molar-refractivity contribution is 9.10. The lowest BCUT2D eigenvalue weighted by molar-refractivity contribution is 0.0951. The van der Waals surface area contributed by atoms with E-state index in [0.717, 1.165) is 26.9 Å². The van der Waals surface area contributed by atoms with E-state index in [1.54, 1.807) is 18.2 Å². The lowest BCUT2D eigenvalue weighted by Gasteiger charge is -2.03. The SMILES string of the molecule is O=C(N/N=C/c1cc(Br)ccc1O)c1[nH]c(-c2ccccc2)cc1-c1ccccc1. The van der Waals surface area contributed by atoms with Crippen LogP contribution in [0.4, 0.5) is 0 Å². The van der Waals surface area contributed by atoms with Gasteiger partial charge in [-0.3, -0.25) is 4.79 Å². The smallest absolute Gasteiger partial charge is 0.288 e. The average Bonchev–Trinajstić information content (AvgIpc) is 3.23. The number of amides is 1. The van der Waals surface area contributed by atoms with Gasteiger partial charge in [-0.25, -0.2) is 5.43 Å². The Kier molecular flexibility index (Phi) is 5.77. The summed E-state index contributed by atoms with van der Waals surface area (Å²) in [6.07, 6.45) is 1.40. The van der Waals surface area contributed by atoms with Gasteiger partial charge in [0.1, 0.15) is 11.4 Å². The fourth-order valence-electron chi connectivity index (χ4n) is 3.10. The highest BCUT2D eigenvalue weighted by Crippen LogP contribution is 2.29. The summed E-state index contributed by atoms with van der Waals surface area (Å²) in [4.78, 5) is 16.1. The predicted molar refractivity (Wildman–Crippen MR) is 123 cm³/mol. The van der Waals surface area contributed by atoms with Crippen LogP contribution in [0.25, 0.3) is 22.4 Å². The van der Waals surface area contributed by atoms with Gasteiger partial charge in [0.15, 0.2) is 0 Å². The Hall–Kier alpha value is -3.64. The number of aromatic nitrogens is 1. The van der Waals surface area contributed by atoms with Crippen LogP contribution in [-0.2, 0) is 0 Å². The van der Waals surface area contributed by atoms with Crippen LogP contribution in [-0.4, -0.2) is 22.2 Å². The van der Waals surface area contributed by atoms with Gasteiger partial charge in [0.05, 0.1) is 6.21 Å². The number of hydrogen-bond donors (Lipinski definition) is 3. The molecule has 3 N–H and O–H groups in total. The number of hydrazone groups is 1. The normalized spacial score (nSPS) is 11.0.